The second-order valence-electron chi connectivity index (χ2n) is 6.24. The van der Waals surface area contributed by atoms with Crippen LogP contribution in [0, 0.1) is 13.8 Å². The summed E-state index contributed by atoms with van der Waals surface area (Å²) in [6, 6.07) is 14.8. The van der Waals surface area contributed by atoms with Gasteiger partial charge in [0.05, 0.1) is 0 Å². The minimum absolute atomic E-state index is 0.199. The Morgan fingerprint density at radius 2 is 1.48 bits per heavy atom. The highest BCUT2D eigenvalue weighted by molar-refractivity contribution is 7.98. The van der Waals surface area contributed by atoms with Gasteiger partial charge in [-0.1, -0.05) is 70.5 Å². The van der Waals surface area contributed by atoms with Crippen LogP contribution in [0.4, 0.5) is 0 Å². The lowest BCUT2D eigenvalue weighted by Crippen LogP contribution is -2.11. The molecule has 23 heavy (non-hydrogen) atoms. The first-order valence-corrected chi connectivity index (χ1v) is 9.82. The molecule has 0 aliphatic rings. The van der Waals surface area contributed by atoms with Gasteiger partial charge in [-0.3, -0.25) is 0 Å². The molecular formula is C21H32S2. The molecule has 2 rings (SSSR count). The average molecular weight is 349 g/mol. The fourth-order valence-electron chi connectivity index (χ4n) is 2.06. The van der Waals surface area contributed by atoms with Gasteiger partial charge in [0.25, 0.3) is 0 Å². The third kappa shape index (κ3) is 7.99. The minimum atomic E-state index is 0.199. The molecule has 0 fully saturated rings. The lowest BCUT2D eigenvalue weighted by atomic mass is 9.86. The smallest absolute Gasteiger partial charge is 0.00983 e. The van der Waals surface area contributed by atoms with Crippen molar-refractivity contribution in [2.24, 2.45) is 0 Å². The van der Waals surface area contributed by atoms with E-state index in [1.165, 1.54) is 21.6 Å². The number of rotatable bonds is 1. The van der Waals surface area contributed by atoms with E-state index >= 15 is 0 Å². The van der Waals surface area contributed by atoms with Gasteiger partial charge in [-0.05, 0) is 48.8 Å². The number of aryl methyl sites for hydroxylation is 2. The first kappa shape index (κ1) is 22.1. The molecule has 0 atom stereocenters. The predicted molar refractivity (Wildman–Crippen MR) is 111 cm³/mol. The van der Waals surface area contributed by atoms with Crippen molar-refractivity contribution in [2.45, 2.75) is 63.7 Å². The van der Waals surface area contributed by atoms with Crippen molar-refractivity contribution in [1.29, 1.82) is 0 Å². The molecule has 0 saturated heterocycles. The van der Waals surface area contributed by atoms with E-state index in [0.717, 1.165) is 4.90 Å². The Morgan fingerprint density at radius 3 is 1.87 bits per heavy atom. The highest BCUT2D eigenvalue weighted by atomic mass is 32.2. The van der Waals surface area contributed by atoms with Crippen LogP contribution in [0.3, 0.4) is 0 Å². The summed E-state index contributed by atoms with van der Waals surface area (Å²) in [6.07, 6.45) is 2.10. The van der Waals surface area contributed by atoms with Crippen LogP contribution in [0.15, 0.2) is 52.3 Å². The second-order valence-corrected chi connectivity index (χ2v) is 7.57. The first-order valence-electron chi connectivity index (χ1n) is 8.15. The summed E-state index contributed by atoms with van der Waals surface area (Å²) in [6.45, 7) is 14.8. The zero-order valence-electron chi connectivity index (χ0n) is 15.9. The maximum Gasteiger partial charge on any atom is 0.00983 e. The van der Waals surface area contributed by atoms with E-state index < -0.39 is 0 Å². The van der Waals surface area contributed by atoms with Gasteiger partial charge in [0.15, 0.2) is 0 Å². The van der Waals surface area contributed by atoms with Crippen LogP contribution in [0.2, 0.25) is 0 Å². The average Bonchev–Trinajstić information content (AvgIpc) is 2.49. The molecule has 0 aromatic heterocycles. The van der Waals surface area contributed by atoms with Gasteiger partial charge in [-0.25, -0.2) is 0 Å². The molecule has 0 saturated carbocycles. The highest BCUT2D eigenvalue weighted by Gasteiger charge is 2.15. The Balaban J connectivity index is 0.000000392. The predicted octanol–water partition coefficient (Wildman–Crippen LogP) is 7.32. The van der Waals surface area contributed by atoms with Gasteiger partial charge >= 0.3 is 0 Å². The molecule has 0 unspecified atom stereocenters. The summed E-state index contributed by atoms with van der Waals surface area (Å²) < 4.78 is 0. The standard InChI is InChI=1S/C11H16S.C8H10S.C2H6/c1-8-5-6-9(10(12)7-8)11(2,3)4;1-7-5-3-4-6-8(7)9-2;1-2/h5-7,12H,1-4H3;3-6H,1-2H3;1-2H3. The van der Waals surface area contributed by atoms with Crippen molar-refractivity contribution in [3.8, 4) is 0 Å². The molecule has 0 radical (unpaired) electrons. The Morgan fingerprint density at radius 1 is 0.913 bits per heavy atom. The number of benzene rings is 2. The molecule has 0 N–H and O–H groups in total. The van der Waals surface area contributed by atoms with Gasteiger partial charge in [-0.15, -0.1) is 24.4 Å². The summed E-state index contributed by atoms with van der Waals surface area (Å²) in [5, 5.41) is 0. The summed E-state index contributed by atoms with van der Waals surface area (Å²) in [4.78, 5) is 2.47. The van der Waals surface area contributed by atoms with Crippen molar-refractivity contribution < 1.29 is 0 Å². The largest absolute Gasteiger partial charge is 0.143 e. The van der Waals surface area contributed by atoms with Crippen LogP contribution in [0.25, 0.3) is 0 Å². The molecule has 0 bridgehead atoms. The van der Waals surface area contributed by atoms with Crippen LogP contribution < -0.4 is 0 Å². The van der Waals surface area contributed by atoms with Crippen molar-refractivity contribution >= 4 is 24.4 Å². The molecule has 128 valence electrons. The molecule has 0 nitrogen and oxygen atoms in total. The number of thiol groups is 1. The Hall–Kier alpha value is -0.860. The Bertz CT molecular complexity index is 581. The molecule has 0 aliphatic heterocycles. The molecule has 0 heterocycles. The van der Waals surface area contributed by atoms with Crippen molar-refractivity contribution in [1.82, 2.24) is 0 Å². The summed E-state index contributed by atoms with van der Waals surface area (Å²) in [5.74, 6) is 0. The normalized spacial score (nSPS) is 10.1. The Labute approximate surface area is 153 Å². The number of hydrogen-bond acceptors (Lipinski definition) is 2. The topological polar surface area (TPSA) is 0 Å². The number of thioether (sulfide) groups is 1. The lowest BCUT2D eigenvalue weighted by Gasteiger charge is -2.21. The fraction of sp³-hybridized carbons (Fsp3) is 0.429. The maximum absolute atomic E-state index is 4.46. The molecule has 0 amide bonds. The van der Waals surface area contributed by atoms with Crippen molar-refractivity contribution in [3.63, 3.8) is 0 Å². The first-order chi connectivity index (χ1) is 10.8. The minimum Gasteiger partial charge on any atom is -0.143 e. The van der Waals surface area contributed by atoms with Crippen LogP contribution >= 0.6 is 24.4 Å². The lowest BCUT2D eigenvalue weighted by molar-refractivity contribution is 0.578. The van der Waals surface area contributed by atoms with Gasteiger partial charge in [-0.2, -0.15) is 0 Å². The van der Waals surface area contributed by atoms with Crippen LogP contribution in [0.5, 0.6) is 0 Å². The van der Waals surface area contributed by atoms with Crippen LogP contribution in [-0.4, -0.2) is 6.26 Å². The maximum atomic E-state index is 4.46. The zero-order chi connectivity index (χ0) is 18.0. The number of hydrogen-bond donors (Lipinski definition) is 1. The van der Waals surface area contributed by atoms with Gasteiger partial charge in [0.1, 0.15) is 0 Å². The monoisotopic (exact) mass is 348 g/mol. The summed E-state index contributed by atoms with van der Waals surface area (Å²) in [7, 11) is 0. The zero-order valence-corrected chi connectivity index (χ0v) is 17.6. The SMILES string of the molecule is CC.CSc1ccccc1C.Cc1ccc(C(C)(C)C)c(S)c1. The molecule has 2 heteroatoms. The quantitative estimate of drug-likeness (QED) is 0.416. The molecule has 2 aromatic carbocycles. The molecule has 2 aromatic rings. The van der Waals surface area contributed by atoms with Gasteiger partial charge in [0.2, 0.25) is 0 Å². The van der Waals surface area contributed by atoms with E-state index in [1.807, 2.05) is 13.8 Å². The van der Waals surface area contributed by atoms with Gasteiger partial charge in [0, 0.05) is 9.79 Å². The second kappa shape index (κ2) is 10.8. The van der Waals surface area contributed by atoms with E-state index in [-0.39, 0.29) is 5.41 Å². The molecule has 0 spiro atoms. The van der Waals surface area contributed by atoms with E-state index in [1.54, 1.807) is 11.8 Å². The van der Waals surface area contributed by atoms with Gasteiger partial charge < -0.3 is 0 Å². The third-order valence-corrected chi connectivity index (χ3v) is 4.54. The van der Waals surface area contributed by atoms with Crippen LogP contribution in [0.1, 0.15) is 51.3 Å². The van der Waals surface area contributed by atoms with Crippen molar-refractivity contribution in [2.75, 3.05) is 6.26 Å². The van der Waals surface area contributed by atoms with Crippen LogP contribution in [-0.2, 0) is 5.41 Å². The Kier molecular flexibility index (Phi) is 10.4. The fourth-order valence-corrected chi connectivity index (χ4v) is 3.28. The van der Waals surface area contributed by atoms with E-state index in [0.29, 0.717) is 0 Å². The summed E-state index contributed by atoms with van der Waals surface area (Å²) >= 11 is 6.26. The van der Waals surface area contributed by atoms with Crippen molar-refractivity contribution in [3.05, 3.63) is 59.2 Å². The highest BCUT2D eigenvalue weighted by Crippen LogP contribution is 2.28. The van der Waals surface area contributed by atoms with E-state index in [4.69, 9.17) is 0 Å². The third-order valence-electron chi connectivity index (χ3n) is 3.27. The van der Waals surface area contributed by atoms with E-state index in [9.17, 15) is 0 Å². The molecular weight excluding hydrogens is 316 g/mol. The molecule has 0 aliphatic carbocycles. The summed E-state index contributed by atoms with van der Waals surface area (Å²) in [5.41, 5.74) is 4.15. The van der Waals surface area contributed by atoms with E-state index in [2.05, 4.69) is 96.0 Å².